The number of benzene rings is 2. The maximum Gasteiger partial charge on any atom is 0.119 e. The molecule has 0 fully saturated rings. The molecule has 0 saturated carbocycles. The maximum atomic E-state index is 6.12. The first-order chi connectivity index (χ1) is 12.1. The first-order valence-corrected chi connectivity index (χ1v) is 10.3. The Kier molecular flexibility index (Phi) is 8.80. The van der Waals surface area contributed by atoms with Crippen LogP contribution in [-0.4, -0.2) is 35.5 Å². The lowest BCUT2D eigenvalue weighted by molar-refractivity contribution is 0.315. The summed E-state index contributed by atoms with van der Waals surface area (Å²) in [5.41, 5.74) is 2.36. The zero-order valence-electron chi connectivity index (χ0n) is 14.6. The highest BCUT2D eigenvalue weighted by Gasteiger charge is 2.18. The summed E-state index contributed by atoms with van der Waals surface area (Å²) < 4.78 is 11.7. The molecule has 2 rings (SSSR count). The van der Waals surface area contributed by atoms with Crippen molar-refractivity contribution in [2.45, 2.75) is 24.3 Å². The summed E-state index contributed by atoms with van der Waals surface area (Å²) in [7, 11) is 0. The molecule has 2 aromatic rings. The van der Waals surface area contributed by atoms with Crippen LogP contribution >= 0.6 is 35.0 Å². The van der Waals surface area contributed by atoms with Crippen LogP contribution in [0.3, 0.4) is 0 Å². The van der Waals surface area contributed by atoms with Gasteiger partial charge in [-0.1, -0.05) is 24.3 Å². The minimum absolute atomic E-state index is 0.159. The standard InChI is InChI=1S/C20H24Cl2O2S/c1-15-5-3-7-17(9-15)23-13-19(11-21)25-20(12-22)14-24-18-8-4-6-16(2)10-18/h3-10,19-20H,11-14H2,1-2H3/t19-,20+. The van der Waals surface area contributed by atoms with Gasteiger partial charge in [0.2, 0.25) is 0 Å². The molecule has 136 valence electrons. The van der Waals surface area contributed by atoms with Gasteiger partial charge >= 0.3 is 0 Å². The van der Waals surface area contributed by atoms with Crippen LogP contribution in [0.2, 0.25) is 0 Å². The summed E-state index contributed by atoms with van der Waals surface area (Å²) in [5, 5.41) is 0.319. The number of thioether (sulfide) groups is 1. The Morgan fingerprint density at radius 2 is 1.24 bits per heavy atom. The predicted octanol–water partition coefficient (Wildman–Crippen LogP) is 5.71. The van der Waals surface area contributed by atoms with Gasteiger partial charge in [0.05, 0.1) is 10.5 Å². The highest BCUT2D eigenvalue weighted by Crippen LogP contribution is 2.24. The molecule has 0 spiro atoms. The molecule has 25 heavy (non-hydrogen) atoms. The number of halogens is 2. The maximum absolute atomic E-state index is 6.12. The predicted molar refractivity (Wildman–Crippen MR) is 110 cm³/mol. The number of rotatable bonds is 10. The molecule has 0 radical (unpaired) electrons. The fourth-order valence-corrected chi connectivity index (χ4v) is 3.90. The second-order valence-electron chi connectivity index (χ2n) is 5.94. The quantitative estimate of drug-likeness (QED) is 0.477. The van der Waals surface area contributed by atoms with Crippen LogP contribution in [0.1, 0.15) is 11.1 Å². The van der Waals surface area contributed by atoms with Crippen molar-refractivity contribution in [3.05, 3.63) is 59.7 Å². The van der Waals surface area contributed by atoms with Crippen molar-refractivity contribution in [3.63, 3.8) is 0 Å². The molecule has 2 atom stereocenters. The highest BCUT2D eigenvalue weighted by molar-refractivity contribution is 8.00. The van der Waals surface area contributed by atoms with Gasteiger partial charge in [-0.05, 0) is 49.2 Å². The molecule has 2 nitrogen and oxygen atoms in total. The average molecular weight is 399 g/mol. The molecule has 0 heterocycles. The molecular weight excluding hydrogens is 375 g/mol. The highest BCUT2D eigenvalue weighted by atomic mass is 35.5. The Balaban J connectivity index is 1.82. The Morgan fingerprint density at radius 1 is 0.800 bits per heavy atom. The third kappa shape index (κ3) is 7.39. The van der Waals surface area contributed by atoms with Crippen LogP contribution in [0.4, 0.5) is 0 Å². The number of ether oxygens (including phenoxy) is 2. The van der Waals surface area contributed by atoms with Crippen LogP contribution in [0.5, 0.6) is 11.5 Å². The Morgan fingerprint density at radius 3 is 1.60 bits per heavy atom. The SMILES string of the molecule is Cc1cccc(OC[C@@H](CCl)S[C@@H](CCl)COc2cccc(C)c2)c1. The Hall–Kier alpha value is -1.03. The van der Waals surface area contributed by atoms with E-state index in [0.717, 1.165) is 11.5 Å². The number of aryl methyl sites for hydroxylation is 2. The third-order valence-corrected chi connectivity index (χ3v) is 6.07. The van der Waals surface area contributed by atoms with Crippen LogP contribution < -0.4 is 9.47 Å². The van der Waals surface area contributed by atoms with E-state index in [2.05, 4.69) is 0 Å². The average Bonchev–Trinajstić information content (AvgIpc) is 2.61. The third-order valence-electron chi connectivity index (χ3n) is 3.58. The van der Waals surface area contributed by atoms with Crippen molar-refractivity contribution < 1.29 is 9.47 Å². The van der Waals surface area contributed by atoms with Gasteiger partial charge in [0.25, 0.3) is 0 Å². The topological polar surface area (TPSA) is 18.5 Å². The molecule has 2 aromatic carbocycles. The van der Waals surface area contributed by atoms with E-state index in [4.69, 9.17) is 32.7 Å². The van der Waals surface area contributed by atoms with E-state index in [9.17, 15) is 0 Å². The van der Waals surface area contributed by atoms with Gasteiger partial charge < -0.3 is 9.47 Å². The van der Waals surface area contributed by atoms with Gasteiger partial charge in [0.15, 0.2) is 0 Å². The van der Waals surface area contributed by atoms with Gasteiger partial charge in [0.1, 0.15) is 24.7 Å². The summed E-state index contributed by atoms with van der Waals surface area (Å²) in [4.78, 5) is 0. The van der Waals surface area contributed by atoms with Crippen molar-refractivity contribution in [1.29, 1.82) is 0 Å². The summed E-state index contributed by atoms with van der Waals surface area (Å²) in [6.45, 7) is 5.20. The largest absolute Gasteiger partial charge is 0.492 e. The summed E-state index contributed by atoms with van der Waals surface area (Å²) in [5.74, 6) is 2.76. The molecule has 0 amide bonds. The van der Waals surface area contributed by atoms with E-state index >= 15 is 0 Å². The van der Waals surface area contributed by atoms with Crippen LogP contribution in [0.25, 0.3) is 0 Å². The van der Waals surface area contributed by atoms with Crippen LogP contribution in [0, 0.1) is 13.8 Å². The first-order valence-electron chi connectivity index (χ1n) is 8.27. The number of hydrogen-bond acceptors (Lipinski definition) is 3. The van der Waals surface area contributed by atoms with E-state index in [1.54, 1.807) is 11.8 Å². The molecule has 5 heteroatoms. The molecule has 0 bridgehead atoms. The van der Waals surface area contributed by atoms with Crippen LogP contribution in [-0.2, 0) is 0 Å². The fourth-order valence-electron chi connectivity index (χ4n) is 2.30. The number of alkyl halides is 2. The molecule has 0 aliphatic carbocycles. The van der Waals surface area contributed by atoms with Crippen molar-refractivity contribution >= 4 is 35.0 Å². The molecular formula is C20H24Cl2O2S. The second-order valence-corrected chi connectivity index (χ2v) is 8.17. The summed E-state index contributed by atoms with van der Waals surface area (Å²) in [6.07, 6.45) is 0. The van der Waals surface area contributed by atoms with E-state index in [1.807, 2.05) is 62.4 Å². The van der Waals surface area contributed by atoms with Gasteiger partial charge in [-0.2, -0.15) is 0 Å². The summed E-state index contributed by atoms with van der Waals surface area (Å²) in [6, 6.07) is 16.0. The zero-order valence-corrected chi connectivity index (χ0v) is 16.9. The van der Waals surface area contributed by atoms with Gasteiger partial charge in [-0.3, -0.25) is 0 Å². The van der Waals surface area contributed by atoms with Gasteiger partial charge in [0, 0.05) is 11.8 Å². The van der Waals surface area contributed by atoms with Gasteiger partial charge in [-0.15, -0.1) is 35.0 Å². The lowest BCUT2D eigenvalue weighted by Gasteiger charge is -2.21. The lowest BCUT2D eigenvalue weighted by atomic mass is 10.2. The molecule has 0 aliphatic rings. The molecule has 0 unspecified atom stereocenters. The Bertz CT molecular complexity index is 596. The Labute approximate surface area is 164 Å². The first kappa shape index (κ1) is 20.3. The fraction of sp³-hybridized carbons (Fsp3) is 0.400. The van der Waals surface area contributed by atoms with Gasteiger partial charge in [-0.25, -0.2) is 0 Å². The van der Waals surface area contributed by atoms with Crippen molar-refractivity contribution in [2.75, 3.05) is 25.0 Å². The molecule has 0 aromatic heterocycles. The van der Waals surface area contributed by atoms with Crippen molar-refractivity contribution in [2.24, 2.45) is 0 Å². The second kappa shape index (κ2) is 10.8. The van der Waals surface area contributed by atoms with E-state index in [1.165, 1.54) is 11.1 Å². The van der Waals surface area contributed by atoms with Crippen LogP contribution in [0.15, 0.2) is 48.5 Å². The van der Waals surface area contributed by atoms with E-state index in [0.29, 0.717) is 25.0 Å². The van der Waals surface area contributed by atoms with E-state index < -0.39 is 0 Å². The van der Waals surface area contributed by atoms with E-state index in [-0.39, 0.29) is 10.5 Å². The summed E-state index contributed by atoms with van der Waals surface area (Å²) >= 11 is 14.0. The molecule has 0 N–H and O–H groups in total. The minimum atomic E-state index is 0.159. The van der Waals surface area contributed by atoms with Crippen molar-refractivity contribution in [1.82, 2.24) is 0 Å². The molecule has 0 saturated heterocycles. The normalized spacial score (nSPS) is 13.3. The minimum Gasteiger partial charge on any atom is -0.492 e. The lowest BCUT2D eigenvalue weighted by Crippen LogP contribution is -2.25. The smallest absolute Gasteiger partial charge is 0.119 e. The monoisotopic (exact) mass is 398 g/mol. The van der Waals surface area contributed by atoms with Crippen molar-refractivity contribution in [3.8, 4) is 11.5 Å². The molecule has 0 aliphatic heterocycles. The number of hydrogen-bond donors (Lipinski definition) is 0. The zero-order chi connectivity index (χ0) is 18.1.